The Kier molecular flexibility index (Phi) is 5.43. The Morgan fingerprint density at radius 3 is 2.52 bits per heavy atom. The molecule has 8 nitrogen and oxygen atoms in total. The van der Waals surface area contributed by atoms with Crippen molar-refractivity contribution in [2.75, 3.05) is 20.1 Å². The van der Waals surface area contributed by atoms with Crippen LogP contribution in [0.15, 0.2) is 32.2 Å². The van der Waals surface area contributed by atoms with Gasteiger partial charge in [0.15, 0.2) is 5.76 Å². The first-order valence-electron chi connectivity index (χ1n) is 8.96. The number of hydrogen-bond donors (Lipinski definition) is 0. The maximum absolute atomic E-state index is 12.9. The standard InChI is InChI=1S/C18H25N3O5S/c1-12-17(14(3)26-19-12)27(23,24)21-9-7-15(8-10-21)18(22)20(4)13(2)16-6-5-11-25-16/h5-6,11,13,15H,7-10H2,1-4H3. The number of nitrogens with zero attached hydrogens (tertiary/aromatic N) is 3. The summed E-state index contributed by atoms with van der Waals surface area (Å²) in [6.45, 7) is 5.71. The minimum absolute atomic E-state index is 0.00767. The van der Waals surface area contributed by atoms with Gasteiger partial charge in [-0.2, -0.15) is 4.31 Å². The first-order valence-corrected chi connectivity index (χ1v) is 10.4. The predicted octanol–water partition coefficient (Wildman–Crippen LogP) is 2.50. The minimum atomic E-state index is -3.66. The van der Waals surface area contributed by atoms with Crippen molar-refractivity contribution in [1.82, 2.24) is 14.4 Å². The van der Waals surface area contributed by atoms with E-state index >= 15 is 0 Å². The van der Waals surface area contributed by atoms with Crippen LogP contribution in [0, 0.1) is 19.8 Å². The molecule has 148 valence electrons. The van der Waals surface area contributed by atoms with Crippen molar-refractivity contribution in [3.63, 3.8) is 0 Å². The Bertz CT molecular complexity index is 876. The second kappa shape index (κ2) is 7.47. The van der Waals surface area contributed by atoms with Gasteiger partial charge in [-0.15, -0.1) is 0 Å². The Balaban J connectivity index is 1.66. The summed E-state index contributed by atoms with van der Waals surface area (Å²) in [5.41, 5.74) is 0.359. The van der Waals surface area contributed by atoms with Crippen LogP contribution in [0.3, 0.4) is 0 Å². The average molecular weight is 395 g/mol. The number of piperidine rings is 1. The summed E-state index contributed by atoms with van der Waals surface area (Å²) in [5, 5.41) is 3.74. The average Bonchev–Trinajstić information content (AvgIpc) is 3.30. The number of aromatic nitrogens is 1. The van der Waals surface area contributed by atoms with Crippen LogP contribution in [0.1, 0.15) is 43.0 Å². The first-order chi connectivity index (χ1) is 12.7. The molecule has 1 unspecified atom stereocenters. The summed E-state index contributed by atoms with van der Waals surface area (Å²) >= 11 is 0. The van der Waals surface area contributed by atoms with Gasteiger partial charge in [0.1, 0.15) is 16.3 Å². The van der Waals surface area contributed by atoms with E-state index in [0.29, 0.717) is 31.6 Å². The Morgan fingerprint density at radius 2 is 2.00 bits per heavy atom. The van der Waals surface area contributed by atoms with Gasteiger partial charge in [0, 0.05) is 26.1 Å². The molecule has 27 heavy (non-hydrogen) atoms. The molecule has 0 aliphatic carbocycles. The zero-order chi connectivity index (χ0) is 19.8. The fourth-order valence-corrected chi connectivity index (χ4v) is 5.27. The van der Waals surface area contributed by atoms with E-state index in [9.17, 15) is 13.2 Å². The molecule has 0 spiro atoms. The molecule has 1 amide bonds. The van der Waals surface area contributed by atoms with Crippen LogP contribution in [-0.4, -0.2) is 48.8 Å². The number of rotatable bonds is 5. The van der Waals surface area contributed by atoms with E-state index in [1.165, 1.54) is 4.31 Å². The molecule has 0 N–H and O–H groups in total. The van der Waals surface area contributed by atoms with E-state index in [1.54, 1.807) is 38.1 Å². The van der Waals surface area contributed by atoms with Crippen LogP contribution in [0.4, 0.5) is 0 Å². The van der Waals surface area contributed by atoms with Gasteiger partial charge in [-0.25, -0.2) is 8.42 Å². The number of furan rings is 1. The molecule has 0 aromatic carbocycles. The summed E-state index contributed by atoms with van der Waals surface area (Å²) in [4.78, 5) is 14.6. The smallest absolute Gasteiger partial charge is 0.248 e. The number of aryl methyl sites for hydroxylation is 2. The molecule has 3 rings (SSSR count). The largest absolute Gasteiger partial charge is 0.467 e. The van der Waals surface area contributed by atoms with Crippen LogP contribution < -0.4 is 0 Å². The van der Waals surface area contributed by atoms with Gasteiger partial charge in [-0.1, -0.05) is 5.16 Å². The van der Waals surface area contributed by atoms with Gasteiger partial charge in [-0.3, -0.25) is 4.79 Å². The first kappa shape index (κ1) is 19.6. The van der Waals surface area contributed by atoms with E-state index in [4.69, 9.17) is 8.94 Å². The normalized spacial score (nSPS) is 17.8. The zero-order valence-electron chi connectivity index (χ0n) is 16.0. The molecule has 9 heteroatoms. The zero-order valence-corrected chi connectivity index (χ0v) is 16.8. The Labute approximate surface area is 159 Å². The maximum Gasteiger partial charge on any atom is 0.248 e. The topological polar surface area (TPSA) is 96.9 Å². The van der Waals surface area contributed by atoms with Crippen LogP contribution >= 0.6 is 0 Å². The van der Waals surface area contributed by atoms with E-state index in [2.05, 4.69) is 5.16 Å². The summed E-state index contributed by atoms with van der Waals surface area (Å²) < 4.78 is 37.6. The SMILES string of the molecule is Cc1noc(C)c1S(=O)(=O)N1CCC(C(=O)N(C)C(C)c2ccco2)CC1. The van der Waals surface area contributed by atoms with E-state index in [0.717, 1.165) is 5.76 Å². The monoisotopic (exact) mass is 395 g/mol. The minimum Gasteiger partial charge on any atom is -0.467 e. The summed E-state index contributed by atoms with van der Waals surface area (Å²) in [6.07, 6.45) is 2.55. The highest BCUT2D eigenvalue weighted by Crippen LogP contribution is 2.29. The Hall–Kier alpha value is -2.13. The van der Waals surface area contributed by atoms with E-state index < -0.39 is 10.0 Å². The maximum atomic E-state index is 12.9. The van der Waals surface area contributed by atoms with Crippen LogP contribution in [0.25, 0.3) is 0 Å². The Morgan fingerprint density at radius 1 is 1.33 bits per heavy atom. The fraction of sp³-hybridized carbons (Fsp3) is 0.556. The van der Waals surface area contributed by atoms with Crippen molar-refractivity contribution in [2.24, 2.45) is 5.92 Å². The molecule has 0 saturated carbocycles. The van der Waals surface area contributed by atoms with Gasteiger partial charge >= 0.3 is 0 Å². The van der Waals surface area contributed by atoms with E-state index in [-0.39, 0.29) is 28.5 Å². The third-order valence-corrected chi connectivity index (χ3v) is 7.40. The van der Waals surface area contributed by atoms with Gasteiger partial charge < -0.3 is 13.8 Å². The summed E-state index contributed by atoms with van der Waals surface area (Å²) in [5.74, 6) is 0.818. The van der Waals surface area contributed by atoms with Crippen LogP contribution in [0.5, 0.6) is 0 Å². The molecule has 1 aliphatic heterocycles. The molecular weight excluding hydrogens is 370 g/mol. The van der Waals surface area contributed by atoms with Crippen molar-refractivity contribution in [3.05, 3.63) is 35.6 Å². The third kappa shape index (κ3) is 3.66. The van der Waals surface area contributed by atoms with E-state index in [1.807, 2.05) is 13.0 Å². The fourth-order valence-electron chi connectivity index (χ4n) is 3.51. The number of amides is 1. The molecule has 1 atom stereocenters. The molecular formula is C18H25N3O5S. The lowest BCUT2D eigenvalue weighted by Crippen LogP contribution is -2.44. The van der Waals surface area contributed by atoms with Crippen molar-refractivity contribution < 1.29 is 22.2 Å². The number of carbonyl (C=O) groups is 1. The summed E-state index contributed by atoms with van der Waals surface area (Å²) in [7, 11) is -1.91. The molecule has 2 aromatic rings. The highest BCUT2D eigenvalue weighted by atomic mass is 32.2. The number of sulfonamides is 1. The summed E-state index contributed by atoms with van der Waals surface area (Å²) in [6, 6.07) is 3.46. The highest BCUT2D eigenvalue weighted by Gasteiger charge is 2.36. The predicted molar refractivity (Wildman–Crippen MR) is 97.4 cm³/mol. The second-order valence-corrected chi connectivity index (χ2v) is 8.85. The van der Waals surface area contributed by atoms with Gasteiger partial charge in [-0.05, 0) is 45.7 Å². The highest BCUT2D eigenvalue weighted by molar-refractivity contribution is 7.89. The molecule has 1 fully saturated rings. The molecule has 1 aliphatic rings. The van der Waals surface area contributed by atoms with Crippen LogP contribution in [-0.2, 0) is 14.8 Å². The van der Waals surface area contributed by atoms with Gasteiger partial charge in [0.05, 0.1) is 12.3 Å². The van der Waals surface area contributed by atoms with Crippen molar-refractivity contribution >= 4 is 15.9 Å². The number of carbonyl (C=O) groups excluding carboxylic acids is 1. The third-order valence-electron chi connectivity index (χ3n) is 5.25. The number of hydrogen-bond acceptors (Lipinski definition) is 6. The van der Waals surface area contributed by atoms with Gasteiger partial charge in [0.2, 0.25) is 15.9 Å². The lowest BCUT2D eigenvalue weighted by molar-refractivity contribution is -0.137. The second-order valence-electron chi connectivity index (χ2n) is 6.97. The van der Waals surface area contributed by atoms with Crippen molar-refractivity contribution in [3.8, 4) is 0 Å². The molecule has 1 saturated heterocycles. The van der Waals surface area contributed by atoms with Crippen molar-refractivity contribution in [1.29, 1.82) is 0 Å². The molecule has 0 bridgehead atoms. The van der Waals surface area contributed by atoms with Crippen LogP contribution in [0.2, 0.25) is 0 Å². The molecule has 0 radical (unpaired) electrons. The molecule has 3 heterocycles. The van der Waals surface area contributed by atoms with Crippen molar-refractivity contribution in [2.45, 2.75) is 44.6 Å². The quantitative estimate of drug-likeness (QED) is 0.772. The lowest BCUT2D eigenvalue weighted by Gasteiger charge is -2.33. The van der Waals surface area contributed by atoms with Gasteiger partial charge in [0.25, 0.3) is 0 Å². The molecule has 2 aromatic heterocycles. The lowest BCUT2D eigenvalue weighted by atomic mass is 9.96.